The van der Waals surface area contributed by atoms with Crippen LogP contribution in [0.4, 0.5) is 10.1 Å². The van der Waals surface area contributed by atoms with Crippen molar-refractivity contribution in [3.63, 3.8) is 0 Å². The lowest BCUT2D eigenvalue weighted by Crippen LogP contribution is -2.06. The molecule has 0 aliphatic carbocycles. The summed E-state index contributed by atoms with van der Waals surface area (Å²) in [5, 5.41) is 10.7. The van der Waals surface area contributed by atoms with Crippen molar-refractivity contribution in [3.05, 3.63) is 61.9 Å². The molecule has 2 aromatic rings. The van der Waals surface area contributed by atoms with Crippen molar-refractivity contribution in [1.29, 1.82) is 0 Å². The van der Waals surface area contributed by atoms with Gasteiger partial charge in [-0.3, -0.25) is 10.1 Å². The zero-order valence-electron chi connectivity index (χ0n) is 9.52. The zero-order valence-corrected chi connectivity index (χ0v) is 11.1. The third-order valence-corrected chi connectivity index (χ3v) is 3.61. The monoisotopic (exact) mass is 323 g/mol. The lowest BCUT2D eigenvalue weighted by molar-refractivity contribution is -0.384. The molecule has 0 amide bonds. The number of ether oxygens (including phenoxy) is 1. The number of halogens is 2. The number of fused-ring (bicyclic) bond motifs is 2. The number of rotatable bonds is 1. The Bertz CT molecular complexity index is 703. The number of hydrogen-bond acceptors (Lipinski definition) is 3. The largest absolute Gasteiger partial charge is 0.455 e. The molecule has 6 heteroatoms. The van der Waals surface area contributed by atoms with Gasteiger partial charge in [0.2, 0.25) is 0 Å². The summed E-state index contributed by atoms with van der Waals surface area (Å²) in [5.41, 5.74) is 0.988. The van der Waals surface area contributed by atoms with E-state index < -0.39 is 4.92 Å². The van der Waals surface area contributed by atoms with Crippen molar-refractivity contribution < 1.29 is 14.1 Å². The van der Waals surface area contributed by atoms with Gasteiger partial charge in [-0.15, -0.1) is 0 Å². The topological polar surface area (TPSA) is 52.4 Å². The molecule has 0 N–H and O–H groups in total. The Morgan fingerprint density at radius 2 is 2.11 bits per heavy atom. The van der Waals surface area contributed by atoms with Gasteiger partial charge in [-0.2, -0.15) is 0 Å². The molecule has 96 valence electrons. The highest BCUT2D eigenvalue weighted by molar-refractivity contribution is 9.10. The number of non-ortho nitro benzene ring substituents is 1. The van der Waals surface area contributed by atoms with E-state index in [0.717, 1.165) is 0 Å². The average molecular weight is 324 g/mol. The number of nitro benzene ring substituents is 1. The molecule has 0 saturated heterocycles. The van der Waals surface area contributed by atoms with E-state index in [2.05, 4.69) is 15.9 Å². The lowest BCUT2D eigenvalue weighted by atomic mass is 9.99. The predicted octanol–water partition coefficient (Wildman–Crippen LogP) is 4.19. The first kappa shape index (κ1) is 12.1. The molecule has 2 aromatic carbocycles. The van der Waals surface area contributed by atoms with Gasteiger partial charge in [0, 0.05) is 29.7 Å². The molecular weight excluding hydrogens is 317 g/mol. The second-order valence-electron chi connectivity index (χ2n) is 4.16. The zero-order chi connectivity index (χ0) is 13.6. The van der Waals surface area contributed by atoms with E-state index in [1.807, 2.05) is 0 Å². The standard InChI is InChI=1S/C13H7BrFNO3/c14-10-2-3-11(15)9-6-7-5-8(16(17)18)1-4-12(7)19-13(9)10/h1-5H,6H2. The quantitative estimate of drug-likeness (QED) is 0.498. The molecule has 1 heterocycles. The lowest BCUT2D eigenvalue weighted by Gasteiger charge is -2.21. The van der Waals surface area contributed by atoms with Gasteiger partial charge in [0.05, 0.1) is 9.40 Å². The van der Waals surface area contributed by atoms with Gasteiger partial charge in [0.1, 0.15) is 17.3 Å². The van der Waals surface area contributed by atoms with Crippen LogP contribution in [-0.2, 0) is 6.42 Å². The molecule has 0 spiro atoms. The van der Waals surface area contributed by atoms with Crippen LogP contribution in [0.2, 0.25) is 0 Å². The van der Waals surface area contributed by atoms with Crippen LogP contribution in [-0.4, -0.2) is 4.92 Å². The third kappa shape index (κ3) is 1.98. The van der Waals surface area contributed by atoms with E-state index in [4.69, 9.17) is 4.74 Å². The number of hydrogen-bond donors (Lipinski definition) is 0. The Morgan fingerprint density at radius 3 is 2.84 bits per heavy atom. The van der Waals surface area contributed by atoms with E-state index in [0.29, 0.717) is 27.1 Å². The van der Waals surface area contributed by atoms with Gasteiger partial charge in [-0.1, -0.05) is 0 Å². The molecule has 3 rings (SSSR count). The third-order valence-electron chi connectivity index (χ3n) is 2.99. The van der Waals surface area contributed by atoms with Gasteiger partial charge in [-0.05, 0) is 34.1 Å². The van der Waals surface area contributed by atoms with Crippen LogP contribution in [0.5, 0.6) is 11.5 Å². The second kappa shape index (κ2) is 4.31. The van der Waals surface area contributed by atoms with Crippen molar-refractivity contribution in [3.8, 4) is 11.5 Å². The number of benzene rings is 2. The Balaban J connectivity index is 2.12. The van der Waals surface area contributed by atoms with Crippen LogP contribution in [0.1, 0.15) is 11.1 Å². The Labute approximate surface area is 116 Å². The van der Waals surface area contributed by atoms with Crippen molar-refractivity contribution in [2.24, 2.45) is 0 Å². The number of nitrogens with zero attached hydrogens (tertiary/aromatic N) is 1. The molecule has 0 fully saturated rings. The summed E-state index contributed by atoms with van der Waals surface area (Å²) < 4.78 is 20.0. The van der Waals surface area contributed by atoms with Crippen LogP contribution >= 0.6 is 15.9 Å². The first-order valence-corrected chi connectivity index (χ1v) is 6.27. The second-order valence-corrected chi connectivity index (χ2v) is 5.02. The maximum Gasteiger partial charge on any atom is 0.269 e. The van der Waals surface area contributed by atoms with Gasteiger partial charge in [0.15, 0.2) is 0 Å². The van der Waals surface area contributed by atoms with Crippen LogP contribution in [0.15, 0.2) is 34.8 Å². The molecule has 0 atom stereocenters. The van der Waals surface area contributed by atoms with Crippen molar-refractivity contribution in [1.82, 2.24) is 0 Å². The van der Waals surface area contributed by atoms with Crippen LogP contribution < -0.4 is 4.74 Å². The maximum absolute atomic E-state index is 13.8. The SMILES string of the molecule is O=[N+]([O-])c1ccc2c(c1)Cc1c(F)ccc(Br)c1O2. The van der Waals surface area contributed by atoms with E-state index in [-0.39, 0.29) is 17.9 Å². The normalized spacial score (nSPS) is 12.3. The highest BCUT2D eigenvalue weighted by Gasteiger charge is 2.24. The summed E-state index contributed by atoms with van der Waals surface area (Å²) in [6, 6.07) is 7.24. The van der Waals surface area contributed by atoms with Gasteiger partial charge in [0.25, 0.3) is 5.69 Å². The molecular formula is C13H7BrFNO3. The Kier molecular flexibility index (Phi) is 2.74. The van der Waals surface area contributed by atoms with E-state index in [1.165, 1.54) is 24.3 Å². The molecule has 1 aliphatic heterocycles. The fourth-order valence-electron chi connectivity index (χ4n) is 2.07. The predicted molar refractivity (Wildman–Crippen MR) is 70.1 cm³/mol. The van der Waals surface area contributed by atoms with Crippen molar-refractivity contribution in [2.45, 2.75) is 6.42 Å². The summed E-state index contributed by atoms with van der Waals surface area (Å²) in [7, 11) is 0. The van der Waals surface area contributed by atoms with E-state index >= 15 is 0 Å². The summed E-state index contributed by atoms with van der Waals surface area (Å²) in [6.45, 7) is 0. The molecule has 0 bridgehead atoms. The smallest absolute Gasteiger partial charge is 0.269 e. The molecule has 4 nitrogen and oxygen atoms in total. The number of nitro groups is 1. The summed E-state index contributed by atoms with van der Waals surface area (Å²) in [6.07, 6.45) is 0.275. The molecule has 1 aliphatic rings. The maximum atomic E-state index is 13.8. The highest BCUT2D eigenvalue weighted by Crippen LogP contribution is 2.42. The first-order valence-electron chi connectivity index (χ1n) is 5.48. The fraction of sp³-hybridized carbons (Fsp3) is 0.0769. The van der Waals surface area contributed by atoms with Crippen molar-refractivity contribution in [2.75, 3.05) is 0 Å². The minimum Gasteiger partial charge on any atom is -0.455 e. The summed E-state index contributed by atoms with van der Waals surface area (Å²) in [4.78, 5) is 10.3. The molecule has 0 aromatic heterocycles. The first-order chi connectivity index (χ1) is 9.06. The van der Waals surface area contributed by atoms with Crippen molar-refractivity contribution >= 4 is 21.6 Å². The highest BCUT2D eigenvalue weighted by atomic mass is 79.9. The Hall–Kier alpha value is -1.95. The van der Waals surface area contributed by atoms with Crippen LogP contribution in [0, 0.1) is 15.9 Å². The average Bonchev–Trinajstić information content (AvgIpc) is 2.41. The summed E-state index contributed by atoms with van der Waals surface area (Å²) >= 11 is 3.31. The minimum atomic E-state index is -0.479. The van der Waals surface area contributed by atoms with Gasteiger partial charge < -0.3 is 4.74 Å². The van der Waals surface area contributed by atoms with E-state index in [9.17, 15) is 14.5 Å². The molecule has 0 radical (unpaired) electrons. The van der Waals surface area contributed by atoms with Gasteiger partial charge in [-0.25, -0.2) is 4.39 Å². The summed E-state index contributed by atoms with van der Waals surface area (Å²) in [5.74, 6) is 0.570. The van der Waals surface area contributed by atoms with Crippen LogP contribution in [0.3, 0.4) is 0 Å². The van der Waals surface area contributed by atoms with E-state index in [1.54, 1.807) is 6.07 Å². The Morgan fingerprint density at radius 1 is 1.32 bits per heavy atom. The minimum absolute atomic E-state index is 0.0267. The van der Waals surface area contributed by atoms with Gasteiger partial charge >= 0.3 is 0 Å². The molecule has 0 saturated carbocycles. The van der Waals surface area contributed by atoms with Crippen LogP contribution in [0.25, 0.3) is 0 Å². The molecule has 0 unspecified atom stereocenters. The molecule has 19 heavy (non-hydrogen) atoms. The fourth-order valence-corrected chi connectivity index (χ4v) is 2.52.